The molecule has 1 N–H and O–H groups in total. The summed E-state index contributed by atoms with van der Waals surface area (Å²) in [5, 5.41) is 17.6. The Balaban J connectivity index is 0.00000112. The predicted molar refractivity (Wildman–Crippen MR) is 90.6 cm³/mol. The van der Waals surface area contributed by atoms with Crippen molar-refractivity contribution in [3.8, 4) is 23.1 Å². The molecule has 5 heteroatoms. The van der Waals surface area contributed by atoms with Gasteiger partial charge < -0.3 is 9.84 Å². The van der Waals surface area contributed by atoms with Crippen LogP contribution in [0.25, 0.3) is 11.3 Å². The number of benzene rings is 1. The summed E-state index contributed by atoms with van der Waals surface area (Å²) in [7, 11) is 1.47. The number of nitrogens with zero attached hydrogens (tertiary/aromatic N) is 2. The molecule has 0 aliphatic carbocycles. The van der Waals surface area contributed by atoms with Gasteiger partial charge in [-0.25, -0.2) is 4.79 Å². The highest BCUT2D eigenvalue weighted by molar-refractivity contribution is 5.89. The molecule has 1 aromatic carbocycles. The van der Waals surface area contributed by atoms with Crippen molar-refractivity contribution < 1.29 is 14.6 Å². The smallest absolute Gasteiger partial charge is 0.335 e. The molecule has 23 heavy (non-hydrogen) atoms. The number of hydrogen-bond acceptors (Lipinski definition) is 4. The first-order valence-corrected chi connectivity index (χ1v) is 7.43. The first-order valence-electron chi connectivity index (χ1n) is 7.43. The van der Waals surface area contributed by atoms with Crippen molar-refractivity contribution in [3.05, 3.63) is 47.7 Å². The molecule has 0 amide bonds. The maximum absolute atomic E-state index is 10.9. The van der Waals surface area contributed by atoms with E-state index in [0.29, 0.717) is 22.6 Å². The summed E-state index contributed by atoms with van der Waals surface area (Å²) in [6.45, 7) is 8.00. The fraction of sp³-hybridized carbons (Fsp3) is 0.278. The summed E-state index contributed by atoms with van der Waals surface area (Å²) < 4.78 is 5.18. The number of aromatic nitrogens is 1. The summed E-state index contributed by atoms with van der Waals surface area (Å²) in [6.07, 6.45) is 1.46. The molecule has 2 aromatic rings. The average Bonchev–Trinajstić information content (AvgIpc) is 2.64. The highest BCUT2D eigenvalue weighted by atomic mass is 16.5. The quantitative estimate of drug-likeness (QED) is 0.909. The number of methoxy groups -OCH3 is 1. The topological polar surface area (TPSA) is 83.2 Å². The van der Waals surface area contributed by atoms with Crippen LogP contribution >= 0.6 is 0 Å². The van der Waals surface area contributed by atoms with E-state index >= 15 is 0 Å². The van der Waals surface area contributed by atoms with Gasteiger partial charge in [0.15, 0.2) is 0 Å². The lowest BCUT2D eigenvalue weighted by atomic mass is 10.1. The van der Waals surface area contributed by atoms with Gasteiger partial charge in [0.2, 0.25) is 0 Å². The van der Waals surface area contributed by atoms with Gasteiger partial charge in [0.1, 0.15) is 11.8 Å². The number of rotatable bonds is 3. The molecule has 0 fully saturated rings. The molecule has 122 valence electrons. The third-order valence-corrected chi connectivity index (χ3v) is 2.62. The molecule has 0 spiro atoms. The fourth-order valence-corrected chi connectivity index (χ4v) is 1.66. The summed E-state index contributed by atoms with van der Waals surface area (Å²) in [5.74, 6) is -0.588. The molecule has 1 heterocycles. The second-order valence-electron chi connectivity index (χ2n) is 3.76. The summed E-state index contributed by atoms with van der Waals surface area (Å²) in [4.78, 5) is 15.0. The molecule has 0 saturated heterocycles. The zero-order valence-electron chi connectivity index (χ0n) is 14.1. The van der Waals surface area contributed by atoms with Gasteiger partial charge in [0.25, 0.3) is 0 Å². The normalized spacial score (nSPS) is 8.52. The van der Waals surface area contributed by atoms with E-state index in [2.05, 4.69) is 4.98 Å². The van der Waals surface area contributed by atoms with Gasteiger partial charge in [0, 0.05) is 11.8 Å². The minimum absolute atomic E-state index is 0.147. The number of nitriles is 1. The van der Waals surface area contributed by atoms with E-state index in [9.17, 15) is 4.79 Å². The van der Waals surface area contributed by atoms with E-state index < -0.39 is 5.97 Å². The second kappa shape index (κ2) is 10.8. The molecule has 0 radical (unpaired) electrons. The Labute approximate surface area is 137 Å². The molecule has 1 aromatic heterocycles. The number of carbonyl (C=O) groups is 1. The SMILES string of the molecule is CC.CC.COc1cc(C(=O)O)ccc1-c1ccc(C#N)cn1. The van der Waals surface area contributed by atoms with Crippen molar-refractivity contribution in [1.82, 2.24) is 4.98 Å². The first-order chi connectivity index (χ1) is 11.2. The Morgan fingerprint density at radius 2 is 1.83 bits per heavy atom. The van der Waals surface area contributed by atoms with Crippen LogP contribution in [0.3, 0.4) is 0 Å². The zero-order valence-corrected chi connectivity index (χ0v) is 14.1. The summed E-state index contributed by atoms with van der Waals surface area (Å²) in [5.41, 5.74) is 1.91. The fourth-order valence-electron chi connectivity index (χ4n) is 1.66. The molecular formula is C18H22N2O3. The van der Waals surface area contributed by atoms with E-state index in [-0.39, 0.29) is 5.56 Å². The minimum Gasteiger partial charge on any atom is -0.496 e. The predicted octanol–water partition coefficient (Wildman–Crippen LogP) is 4.38. The van der Waals surface area contributed by atoms with Crippen molar-refractivity contribution >= 4 is 5.97 Å². The van der Waals surface area contributed by atoms with Crippen LogP contribution in [0.4, 0.5) is 0 Å². The van der Waals surface area contributed by atoms with Crippen LogP contribution in [-0.4, -0.2) is 23.2 Å². The van der Waals surface area contributed by atoms with E-state index in [4.69, 9.17) is 15.1 Å². The van der Waals surface area contributed by atoms with Gasteiger partial charge in [-0.05, 0) is 30.3 Å². The van der Waals surface area contributed by atoms with E-state index in [1.165, 1.54) is 25.4 Å². The lowest BCUT2D eigenvalue weighted by Crippen LogP contribution is -1.98. The molecule has 0 atom stereocenters. The van der Waals surface area contributed by atoms with Gasteiger partial charge in [-0.2, -0.15) is 5.26 Å². The van der Waals surface area contributed by atoms with Crippen LogP contribution < -0.4 is 4.74 Å². The Hall–Kier alpha value is -2.87. The van der Waals surface area contributed by atoms with Gasteiger partial charge in [-0.3, -0.25) is 4.98 Å². The van der Waals surface area contributed by atoms with Gasteiger partial charge in [-0.15, -0.1) is 0 Å². The summed E-state index contributed by atoms with van der Waals surface area (Å²) in [6, 6.07) is 9.89. The Morgan fingerprint density at radius 1 is 1.17 bits per heavy atom. The Kier molecular flexibility index (Phi) is 9.45. The van der Waals surface area contributed by atoms with Gasteiger partial charge >= 0.3 is 5.97 Å². The van der Waals surface area contributed by atoms with E-state index in [0.717, 1.165) is 0 Å². The van der Waals surface area contributed by atoms with Crippen LogP contribution in [0.1, 0.15) is 43.6 Å². The van der Waals surface area contributed by atoms with Crippen molar-refractivity contribution in [2.24, 2.45) is 0 Å². The molecule has 0 aliphatic rings. The number of hydrogen-bond donors (Lipinski definition) is 1. The van der Waals surface area contributed by atoms with Crippen LogP contribution in [0, 0.1) is 11.3 Å². The molecule has 0 bridgehead atoms. The highest BCUT2D eigenvalue weighted by Gasteiger charge is 2.11. The molecule has 0 unspecified atom stereocenters. The maximum atomic E-state index is 10.9. The number of aromatic carboxylic acids is 1. The van der Waals surface area contributed by atoms with Crippen LogP contribution in [-0.2, 0) is 0 Å². The van der Waals surface area contributed by atoms with Gasteiger partial charge in [-0.1, -0.05) is 27.7 Å². The highest BCUT2D eigenvalue weighted by Crippen LogP contribution is 2.29. The standard InChI is InChI=1S/C14H10N2O3.2C2H6/c1-19-13-6-10(14(17)18)3-4-11(13)12-5-2-9(7-15)8-16-12;2*1-2/h2-6,8H,1H3,(H,17,18);2*1-2H3. The minimum atomic E-state index is -1.02. The zero-order chi connectivity index (χ0) is 17.8. The number of carboxylic acids is 1. The number of pyridine rings is 1. The van der Waals surface area contributed by atoms with Crippen molar-refractivity contribution in [2.45, 2.75) is 27.7 Å². The van der Waals surface area contributed by atoms with E-state index in [1.54, 1.807) is 18.2 Å². The Morgan fingerprint density at radius 3 is 2.26 bits per heavy atom. The number of ether oxygens (including phenoxy) is 1. The molecular weight excluding hydrogens is 292 g/mol. The number of carboxylic acid groups (broad SMARTS) is 1. The van der Waals surface area contributed by atoms with Crippen LogP contribution in [0.15, 0.2) is 36.5 Å². The molecule has 5 nitrogen and oxygen atoms in total. The first kappa shape index (κ1) is 20.1. The van der Waals surface area contributed by atoms with E-state index in [1.807, 2.05) is 33.8 Å². The van der Waals surface area contributed by atoms with Gasteiger partial charge in [0.05, 0.1) is 23.9 Å². The van der Waals surface area contributed by atoms with Crippen molar-refractivity contribution in [1.29, 1.82) is 5.26 Å². The van der Waals surface area contributed by atoms with Crippen LogP contribution in [0.2, 0.25) is 0 Å². The van der Waals surface area contributed by atoms with Crippen LogP contribution in [0.5, 0.6) is 5.75 Å². The molecule has 2 rings (SSSR count). The second-order valence-corrected chi connectivity index (χ2v) is 3.76. The lowest BCUT2D eigenvalue weighted by molar-refractivity contribution is 0.0696. The van der Waals surface area contributed by atoms with Crippen molar-refractivity contribution in [3.63, 3.8) is 0 Å². The maximum Gasteiger partial charge on any atom is 0.335 e. The monoisotopic (exact) mass is 314 g/mol. The Bertz CT molecular complexity index is 659. The molecule has 0 aliphatic heterocycles. The summed E-state index contributed by atoms with van der Waals surface area (Å²) >= 11 is 0. The lowest BCUT2D eigenvalue weighted by Gasteiger charge is -2.08. The van der Waals surface area contributed by atoms with Crippen molar-refractivity contribution in [2.75, 3.05) is 7.11 Å². The third-order valence-electron chi connectivity index (χ3n) is 2.62. The molecule has 0 saturated carbocycles. The largest absolute Gasteiger partial charge is 0.496 e. The third kappa shape index (κ3) is 5.44. The average molecular weight is 314 g/mol.